The Morgan fingerprint density at radius 2 is 1.93 bits per heavy atom. The smallest absolute Gasteiger partial charge is 0.409 e. The van der Waals surface area contributed by atoms with Crippen LogP contribution < -0.4 is 0 Å². The van der Waals surface area contributed by atoms with Crippen LogP contribution in [0.1, 0.15) is 47.1 Å². The Labute approximate surface area is 163 Å². The Morgan fingerprint density at radius 3 is 2.61 bits per heavy atom. The predicted molar refractivity (Wildman–Crippen MR) is 102 cm³/mol. The molecule has 0 spiro atoms. The number of methoxy groups -OCH3 is 1. The molecule has 2 aliphatic heterocycles. The first-order valence-corrected chi connectivity index (χ1v) is 9.90. The molecule has 0 bridgehead atoms. The van der Waals surface area contributed by atoms with Crippen molar-refractivity contribution in [3.8, 4) is 5.69 Å². The highest BCUT2D eigenvalue weighted by atomic mass is 16.5. The molecule has 1 saturated heterocycles. The fourth-order valence-electron chi connectivity index (χ4n) is 4.77. The van der Waals surface area contributed by atoms with Crippen molar-refractivity contribution in [2.45, 2.75) is 38.3 Å². The first-order chi connectivity index (χ1) is 13.6. The van der Waals surface area contributed by atoms with E-state index in [0.29, 0.717) is 24.7 Å². The normalized spacial score (nSPS) is 24.0. The maximum Gasteiger partial charge on any atom is 0.409 e. The van der Waals surface area contributed by atoms with Gasteiger partial charge in [-0.2, -0.15) is 5.10 Å². The Hall–Kier alpha value is -2.83. The van der Waals surface area contributed by atoms with Gasteiger partial charge in [0.05, 0.1) is 30.6 Å². The first-order valence-electron chi connectivity index (χ1n) is 9.90. The van der Waals surface area contributed by atoms with Crippen LogP contribution in [0.15, 0.2) is 30.3 Å². The average Bonchev–Trinajstić information content (AvgIpc) is 3.21. The van der Waals surface area contributed by atoms with Crippen molar-refractivity contribution in [2.24, 2.45) is 5.92 Å². The molecule has 1 aliphatic carbocycles. The molecule has 2 atom stereocenters. The highest BCUT2D eigenvalue weighted by Crippen LogP contribution is 2.52. The van der Waals surface area contributed by atoms with Crippen molar-refractivity contribution in [2.75, 3.05) is 20.2 Å². The van der Waals surface area contributed by atoms with Gasteiger partial charge < -0.3 is 14.5 Å². The van der Waals surface area contributed by atoms with Crippen LogP contribution in [0.3, 0.4) is 0 Å². The molecule has 1 aromatic heterocycles. The molecule has 2 fully saturated rings. The number of benzene rings is 1. The zero-order valence-electron chi connectivity index (χ0n) is 16.2. The van der Waals surface area contributed by atoms with Gasteiger partial charge in [0, 0.05) is 18.7 Å². The van der Waals surface area contributed by atoms with Crippen LogP contribution in [-0.2, 0) is 4.74 Å². The van der Waals surface area contributed by atoms with Gasteiger partial charge in [0.2, 0.25) is 0 Å². The second kappa shape index (κ2) is 6.36. The number of para-hydroxylation sites is 1. The minimum absolute atomic E-state index is 0.0215. The van der Waals surface area contributed by atoms with Gasteiger partial charge in [0.1, 0.15) is 5.69 Å². The molecule has 7 heteroatoms. The van der Waals surface area contributed by atoms with E-state index in [1.54, 1.807) is 9.58 Å². The molecule has 28 heavy (non-hydrogen) atoms. The number of amides is 2. The topological polar surface area (TPSA) is 67.7 Å². The lowest BCUT2D eigenvalue weighted by Crippen LogP contribution is -2.42. The van der Waals surface area contributed by atoms with E-state index in [0.717, 1.165) is 36.2 Å². The second-order valence-corrected chi connectivity index (χ2v) is 7.95. The van der Waals surface area contributed by atoms with Crippen molar-refractivity contribution < 1.29 is 14.3 Å². The Bertz CT molecular complexity index is 935. The molecule has 1 aromatic carbocycles. The molecule has 2 unspecified atom stereocenters. The number of hydrogen-bond acceptors (Lipinski definition) is 4. The number of fused-ring (bicyclic) bond motifs is 1. The minimum atomic E-state index is -0.318. The SMILES string of the molecule is COC(=O)N1CCC(N2C(=O)c3c(c(C)nn3-c3ccccc3)C2C2CC2)C1. The third-order valence-electron chi connectivity index (χ3n) is 6.20. The Balaban J connectivity index is 1.54. The Morgan fingerprint density at radius 1 is 1.18 bits per heavy atom. The molecule has 7 nitrogen and oxygen atoms in total. The molecule has 146 valence electrons. The number of hydrogen-bond donors (Lipinski definition) is 0. The number of aryl methyl sites for hydroxylation is 1. The number of aromatic nitrogens is 2. The van der Waals surface area contributed by atoms with Crippen LogP contribution in [0, 0.1) is 12.8 Å². The maximum atomic E-state index is 13.6. The summed E-state index contributed by atoms with van der Waals surface area (Å²) in [4.78, 5) is 29.3. The number of carbonyl (C=O) groups excluding carboxylic acids is 2. The van der Waals surface area contributed by atoms with Crippen LogP contribution >= 0.6 is 0 Å². The van der Waals surface area contributed by atoms with E-state index in [1.165, 1.54) is 7.11 Å². The third-order valence-corrected chi connectivity index (χ3v) is 6.20. The summed E-state index contributed by atoms with van der Waals surface area (Å²) in [5, 5.41) is 4.72. The van der Waals surface area contributed by atoms with E-state index in [-0.39, 0.29) is 24.1 Å². The van der Waals surface area contributed by atoms with Crippen LogP contribution in [0.5, 0.6) is 0 Å². The van der Waals surface area contributed by atoms with Crippen molar-refractivity contribution in [3.63, 3.8) is 0 Å². The van der Waals surface area contributed by atoms with E-state index in [1.807, 2.05) is 42.2 Å². The summed E-state index contributed by atoms with van der Waals surface area (Å²) < 4.78 is 6.67. The molecule has 0 N–H and O–H groups in total. The van der Waals surface area contributed by atoms with Gasteiger partial charge in [-0.05, 0) is 44.2 Å². The summed E-state index contributed by atoms with van der Waals surface area (Å²) in [6.07, 6.45) is 2.74. The lowest BCUT2D eigenvalue weighted by Gasteiger charge is -2.31. The van der Waals surface area contributed by atoms with Gasteiger partial charge in [0.15, 0.2) is 0 Å². The number of ether oxygens (including phenoxy) is 1. The van der Waals surface area contributed by atoms with Gasteiger partial charge in [-0.1, -0.05) is 18.2 Å². The lowest BCUT2D eigenvalue weighted by atomic mass is 10.0. The maximum absolute atomic E-state index is 13.6. The molecule has 3 aliphatic rings. The first kappa shape index (κ1) is 17.3. The van der Waals surface area contributed by atoms with Crippen molar-refractivity contribution >= 4 is 12.0 Å². The highest BCUT2D eigenvalue weighted by Gasteiger charge is 2.52. The van der Waals surface area contributed by atoms with Crippen molar-refractivity contribution in [3.05, 3.63) is 47.3 Å². The van der Waals surface area contributed by atoms with Crippen molar-refractivity contribution in [1.29, 1.82) is 0 Å². The quantitative estimate of drug-likeness (QED) is 0.821. The fourth-order valence-corrected chi connectivity index (χ4v) is 4.77. The van der Waals surface area contributed by atoms with Crippen LogP contribution in [-0.4, -0.2) is 57.8 Å². The van der Waals surface area contributed by atoms with Gasteiger partial charge in [-0.3, -0.25) is 4.79 Å². The van der Waals surface area contributed by atoms with Crippen molar-refractivity contribution in [1.82, 2.24) is 19.6 Å². The molecule has 2 amide bonds. The molecule has 1 saturated carbocycles. The van der Waals surface area contributed by atoms with Crippen LogP contribution in [0.25, 0.3) is 5.69 Å². The zero-order chi connectivity index (χ0) is 19.4. The molecular formula is C21H24N4O3. The fraction of sp³-hybridized carbons (Fsp3) is 0.476. The Kier molecular flexibility index (Phi) is 3.92. The van der Waals surface area contributed by atoms with E-state index in [4.69, 9.17) is 9.84 Å². The largest absolute Gasteiger partial charge is 0.453 e. The molecular weight excluding hydrogens is 356 g/mol. The molecule has 0 radical (unpaired) electrons. The second-order valence-electron chi connectivity index (χ2n) is 7.95. The number of rotatable bonds is 3. The summed E-state index contributed by atoms with van der Waals surface area (Å²) in [7, 11) is 1.40. The third kappa shape index (κ3) is 2.52. The molecule has 2 aromatic rings. The number of nitrogens with zero attached hydrogens (tertiary/aromatic N) is 4. The van der Waals surface area contributed by atoms with Gasteiger partial charge in [-0.25, -0.2) is 9.48 Å². The van der Waals surface area contributed by atoms with E-state index >= 15 is 0 Å². The zero-order valence-corrected chi connectivity index (χ0v) is 16.2. The summed E-state index contributed by atoms with van der Waals surface area (Å²) >= 11 is 0. The van der Waals surface area contributed by atoms with Gasteiger partial charge in [-0.15, -0.1) is 0 Å². The van der Waals surface area contributed by atoms with E-state index in [2.05, 4.69) is 0 Å². The van der Waals surface area contributed by atoms with Gasteiger partial charge >= 0.3 is 6.09 Å². The minimum Gasteiger partial charge on any atom is -0.453 e. The van der Waals surface area contributed by atoms with Crippen LogP contribution in [0.4, 0.5) is 4.79 Å². The number of carbonyl (C=O) groups is 2. The summed E-state index contributed by atoms with van der Waals surface area (Å²) in [5.41, 5.74) is 3.60. The molecule has 5 rings (SSSR count). The summed E-state index contributed by atoms with van der Waals surface area (Å²) in [6.45, 7) is 3.15. The summed E-state index contributed by atoms with van der Waals surface area (Å²) in [6, 6.07) is 9.92. The molecule has 3 heterocycles. The average molecular weight is 380 g/mol. The summed E-state index contributed by atoms with van der Waals surface area (Å²) in [5.74, 6) is 0.526. The van der Waals surface area contributed by atoms with E-state index < -0.39 is 0 Å². The van der Waals surface area contributed by atoms with E-state index in [9.17, 15) is 9.59 Å². The van der Waals surface area contributed by atoms with Crippen LogP contribution in [0.2, 0.25) is 0 Å². The lowest BCUT2D eigenvalue weighted by molar-refractivity contribution is 0.0591. The monoisotopic (exact) mass is 380 g/mol. The highest BCUT2D eigenvalue weighted by molar-refractivity contribution is 5.99. The number of likely N-dealkylation sites (tertiary alicyclic amines) is 1. The van der Waals surface area contributed by atoms with Gasteiger partial charge in [0.25, 0.3) is 5.91 Å². The predicted octanol–water partition coefficient (Wildman–Crippen LogP) is 2.93. The standard InChI is InChI=1S/C21H24N4O3/c1-13-17-18(14-8-9-14)24(16-10-11-23(12-16)21(27)28-2)20(26)19(17)25(22-13)15-6-4-3-5-7-15/h3-7,14,16,18H,8-12H2,1-2H3.